The summed E-state index contributed by atoms with van der Waals surface area (Å²) in [4.78, 5) is 0. The zero-order valence-corrected chi connectivity index (χ0v) is 11.3. The van der Waals surface area contributed by atoms with Gasteiger partial charge in [0.2, 0.25) is 0 Å². The molecule has 1 heterocycles. The molecule has 1 rings (SSSR count). The van der Waals surface area contributed by atoms with Gasteiger partial charge in [0.1, 0.15) is 5.73 Å². The lowest BCUT2D eigenvalue weighted by Crippen LogP contribution is -2.41. The number of allylic oxidation sites excluding steroid dienone is 1. The lowest BCUT2D eigenvalue weighted by atomic mass is 9.82. The first-order chi connectivity index (χ1) is 6.95. The number of halogens is 1. The molecule has 0 bridgehead atoms. The molecule has 1 aliphatic heterocycles. The van der Waals surface area contributed by atoms with Gasteiger partial charge in [-0.15, -0.1) is 0 Å². The van der Waals surface area contributed by atoms with Crippen LogP contribution in [0.4, 0.5) is 4.39 Å². The van der Waals surface area contributed by atoms with E-state index in [1.54, 1.807) is 6.08 Å². The van der Waals surface area contributed by atoms with E-state index >= 15 is 0 Å². The number of hydrogen-bond donors (Lipinski definition) is 0. The van der Waals surface area contributed by atoms with Crippen molar-refractivity contribution >= 4 is 7.12 Å². The highest BCUT2D eigenvalue weighted by Gasteiger charge is 2.53. The summed E-state index contributed by atoms with van der Waals surface area (Å²) in [5.74, 6) is 0. The maximum Gasteiger partial charge on any atom is 0.524 e. The Morgan fingerprint density at radius 3 is 1.75 bits per heavy atom. The molecular formula is C12H22BFO2. The van der Waals surface area contributed by atoms with Gasteiger partial charge in [0.05, 0.1) is 11.2 Å². The van der Waals surface area contributed by atoms with Gasteiger partial charge in [-0.05, 0) is 33.1 Å². The van der Waals surface area contributed by atoms with Crippen LogP contribution in [-0.2, 0) is 9.31 Å². The second kappa shape index (κ2) is 3.85. The van der Waals surface area contributed by atoms with E-state index in [1.807, 2.05) is 48.5 Å². The average Bonchev–Trinajstić information content (AvgIpc) is 2.17. The molecule has 0 atom stereocenters. The van der Waals surface area contributed by atoms with Gasteiger partial charge in [-0.3, -0.25) is 0 Å². The molecule has 0 aromatic carbocycles. The predicted octanol–water partition coefficient (Wildman–Crippen LogP) is 3.52. The molecule has 2 nitrogen and oxygen atoms in total. The lowest BCUT2D eigenvalue weighted by Gasteiger charge is -2.32. The van der Waals surface area contributed by atoms with Crippen molar-refractivity contribution in [1.82, 2.24) is 0 Å². The Morgan fingerprint density at radius 1 is 1.06 bits per heavy atom. The summed E-state index contributed by atoms with van der Waals surface area (Å²) in [6, 6.07) is 0. The van der Waals surface area contributed by atoms with Crippen molar-refractivity contribution < 1.29 is 13.7 Å². The quantitative estimate of drug-likeness (QED) is 0.639. The molecule has 1 aliphatic rings. The first-order valence-corrected chi connectivity index (χ1v) is 5.68. The topological polar surface area (TPSA) is 18.5 Å². The minimum absolute atomic E-state index is 0.215. The molecule has 0 aliphatic carbocycles. The fourth-order valence-electron chi connectivity index (χ4n) is 1.44. The van der Waals surface area contributed by atoms with Crippen LogP contribution in [0.3, 0.4) is 0 Å². The van der Waals surface area contributed by atoms with E-state index < -0.39 is 18.3 Å². The van der Waals surface area contributed by atoms with Gasteiger partial charge in [-0.2, -0.15) is 0 Å². The van der Waals surface area contributed by atoms with Crippen LogP contribution in [0.25, 0.3) is 0 Å². The molecule has 0 aromatic rings. The van der Waals surface area contributed by atoms with Crippen LogP contribution >= 0.6 is 0 Å². The molecule has 1 saturated heterocycles. The molecule has 0 spiro atoms. The maximum atomic E-state index is 13.9. The summed E-state index contributed by atoms with van der Waals surface area (Å²) in [6.07, 6.45) is 1.55. The van der Waals surface area contributed by atoms with Crippen molar-refractivity contribution in [3.05, 3.63) is 11.8 Å². The summed E-state index contributed by atoms with van der Waals surface area (Å²) in [5.41, 5.74) is -1.53. The number of rotatable bonds is 1. The van der Waals surface area contributed by atoms with Crippen molar-refractivity contribution in [2.45, 2.75) is 59.7 Å². The Morgan fingerprint density at radius 2 is 1.44 bits per heavy atom. The van der Waals surface area contributed by atoms with E-state index in [0.717, 1.165) is 0 Å². The summed E-state index contributed by atoms with van der Waals surface area (Å²) < 4.78 is 25.1. The summed E-state index contributed by atoms with van der Waals surface area (Å²) in [5, 5.41) is 0. The first-order valence-electron chi connectivity index (χ1n) is 5.68. The fourth-order valence-corrected chi connectivity index (χ4v) is 1.44. The third kappa shape index (κ3) is 2.86. The van der Waals surface area contributed by atoms with Gasteiger partial charge in [-0.1, -0.05) is 26.8 Å². The van der Waals surface area contributed by atoms with Gasteiger partial charge in [0, 0.05) is 0 Å². The molecule has 4 heteroatoms. The van der Waals surface area contributed by atoms with E-state index in [-0.39, 0.29) is 11.1 Å². The minimum Gasteiger partial charge on any atom is -0.398 e. The van der Waals surface area contributed by atoms with Crippen LogP contribution in [0.1, 0.15) is 48.5 Å². The fraction of sp³-hybridized carbons (Fsp3) is 0.833. The first kappa shape index (κ1) is 13.7. The van der Waals surface area contributed by atoms with Crippen molar-refractivity contribution in [2.75, 3.05) is 0 Å². The van der Waals surface area contributed by atoms with Crippen molar-refractivity contribution in [3.63, 3.8) is 0 Å². The summed E-state index contributed by atoms with van der Waals surface area (Å²) >= 11 is 0. The van der Waals surface area contributed by atoms with Crippen LogP contribution in [0.2, 0.25) is 0 Å². The molecule has 0 saturated carbocycles. The van der Waals surface area contributed by atoms with Crippen LogP contribution in [0.15, 0.2) is 11.8 Å². The highest BCUT2D eigenvalue weighted by atomic mass is 19.1. The number of hydrogen-bond acceptors (Lipinski definition) is 2. The Kier molecular flexibility index (Phi) is 3.30. The van der Waals surface area contributed by atoms with Gasteiger partial charge in [0.15, 0.2) is 0 Å². The van der Waals surface area contributed by atoms with Crippen LogP contribution < -0.4 is 0 Å². The van der Waals surface area contributed by atoms with Crippen molar-refractivity contribution in [1.29, 1.82) is 0 Å². The van der Waals surface area contributed by atoms with Gasteiger partial charge < -0.3 is 9.31 Å². The van der Waals surface area contributed by atoms with E-state index in [1.165, 1.54) is 0 Å². The standard InChI is InChI=1S/C12H22BFO2/c1-10(2,3)8-9(14)13-15-11(4,5)12(6,7)16-13/h8H,1-7H3. The lowest BCUT2D eigenvalue weighted by molar-refractivity contribution is 0.00578. The largest absolute Gasteiger partial charge is 0.524 e. The Balaban J connectivity index is 2.85. The summed E-state index contributed by atoms with van der Waals surface area (Å²) in [7, 11) is -0.871. The molecule has 0 radical (unpaired) electrons. The van der Waals surface area contributed by atoms with Gasteiger partial charge in [0.25, 0.3) is 0 Å². The monoisotopic (exact) mass is 228 g/mol. The molecule has 16 heavy (non-hydrogen) atoms. The van der Waals surface area contributed by atoms with Crippen molar-refractivity contribution in [3.8, 4) is 0 Å². The third-order valence-corrected chi connectivity index (χ3v) is 3.05. The van der Waals surface area contributed by atoms with Gasteiger partial charge in [-0.25, -0.2) is 4.39 Å². The normalized spacial score (nSPS) is 25.0. The molecule has 0 N–H and O–H groups in total. The maximum absolute atomic E-state index is 13.9. The zero-order chi connectivity index (χ0) is 12.8. The predicted molar refractivity (Wildman–Crippen MR) is 64.7 cm³/mol. The van der Waals surface area contributed by atoms with E-state index in [0.29, 0.717) is 0 Å². The molecule has 0 unspecified atom stereocenters. The highest BCUT2D eigenvalue weighted by Crippen LogP contribution is 2.39. The van der Waals surface area contributed by atoms with E-state index in [4.69, 9.17) is 9.31 Å². The van der Waals surface area contributed by atoms with Crippen LogP contribution in [0.5, 0.6) is 0 Å². The van der Waals surface area contributed by atoms with Crippen LogP contribution in [0, 0.1) is 5.41 Å². The van der Waals surface area contributed by atoms with E-state index in [2.05, 4.69) is 0 Å². The van der Waals surface area contributed by atoms with Crippen LogP contribution in [-0.4, -0.2) is 18.3 Å². The van der Waals surface area contributed by atoms with Crippen molar-refractivity contribution in [2.24, 2.45) is 5.41 Å². The summed E-state index contributed by atoms with van der Waals surface area (Å²) in [6.45, 7) is 13.5. The highest BCUT2D eigenvalue weighted by molar-refractivity contribution is 6.53. The molecular weight excluding hydrogens is 206 g/mol. The SMILES string of the molecule is CC(C)(C)C=C(F)B1OC(C)(C)C(C)(C)O1. The minimum atomic E-state index is -0.871. The average molecular weight is 228 g/mol. The van der Waals surface area contributed by atoms with Gasteiger partial charge >= 0.3 is 7.12 Å². The second-order valence-electron chi connectivity index (χ2n) is 6.48. The molecule has 92 valence electrons. The van der Waals surface area contributed by atoms with E-state index in [9.17, 15) is 4.39 Å². The smallest absolute Gasteiger partial charge is 0.398 e. The Bertz CT molecular complexity index is 287. The second-order valence-corrected chi connectivity index (χ2v) is 6.48. The molecule has 0 aromatic heterocycles. The molecule has 0 amide bonds. The Hall–Kier alpha value is -0.345. The third-order valence-electron chi connectivity index (χ3n) is 3.05. The zero-order valence-electron chi connectivity index (χ0n) is 11.3. The Labute approximate surface area is 98.3 Å². The molecule has 1 fully saturated rings.